The molecule has 0 atom stereocenters. The van der Waals surface area contributed by atoms with Crippen molar-refractivity contribution in [3.8, 4) is 22.8 Å². The molecule has 0 saturated carbocycles. The van der Waals surface area contributed by atoms with Gasteiger partial charge in [-0.15, -0.1) is 0 Å². The van der Waals surface area contributed by atoms with Crippen LogP contribution in [0.5, 0.6) is 11.5 Å². The molecule has 2 aromatic rings. The van der Waals surface area contributed by atoms with Crippen LogP contribution in [0.4, 0.5) is 13.2 Å². The number of fused-ring (bicyclic) bond motifs is 1. The number of nitrogens with zero attached hydrogens (tertiary/aromatic N) is 3. The standard InChI is InChI=1S/C19H19F3N4O4S/c20-19(21,22)16-10-13(12-1-2-14-15(9-12)30-11-29-14)23-18(24-16)31-8-3-17(27)25-26-4-6-28-7-5-26/h1-2,9-10H,3-8,11H2,(H,25,27). The summed E-state index contributed by atoms with van der Waals surface area (Å²) < 4.78 is 55.8. The summed E-state index contributed by atoms with van der Waals surface area (Å²) in [5, 5.41) is 1.70. The maximum Gasteiger partial charge on any atom is 0.433 e. The maximum atomic E-state index is 13.4. The van der Waals surface area contributed by atoms with Crippen molar-refractivity contribution in [3.05, 3.63) is 30.0 Å². The molecule has 2 aliphatic rings. The van der Waals surface area contributed by atoms with E-state index in [0.29, 0.717) is 43.4 Å². The lowest BCUT2D eigenvalue weighted by molar-refractivity contribution is -0.141. The molecule has 0 aliphatic carbocycles. The lowest BCUT2D eigenvalue weighted by Gasteiger charge is -2.26. The minimum atomic E-state index is -4.63. The van der Waals surface area contributed by atoms with Crippen LogP contribution in [0.2, 0.25) is 0 Å². The van der Waals surface area contributed by atoms with E-state index in [2.05, 4.69) is 15.4 Å². The van der Waals surface area contributed by atoms with E-state index < -0.39 is 11.9 Å². The first kappa shape index (κ1) is 21.7. The van der Waals surface area contributed by atoms with Gasteiger partial charge in [-0.25, -0.2) is 15.0 Å². The highest BCUT2D eigenvalue weighted by molar-refractivity contribution is 7.99. The number of aromatic nitrogens is 2. The summed E-state index contributed by atoms with van der Waals surface area (Å²) in [7, 11) is 0. The van der Waals surface area contributed by atoms with Gasteiger partial charge in [0, 0.05) is 30.8 Å². The average Bonchev–Trinajstić information content (AvgIpc) is 3.21. The Morgan fingerprint density at radius 1 is 1.13 bits per heavy atom. The second-order valence-corrected chi connectivity index (χ2v) is 7.78. The number of ether oxygens (including phenoxy) is 3. The molecule has 0 bridgehead atoms. The Morgan fingerprint density at radius 2 is 1.90 bits per heavy atom. The van der Waals surface area contributed by atoms with E-state index in [0.717, 1.165) is 17.8 Å². The molecule has 1 aromatic heterocycles. The van der Waals surface area contributed by atoms with Gasteiger partial charge in [0.05, 0.1) is 18.9 Å². The van der Waals surface area contributed by atoms with Gasteiger partial charge >= 0.3 is 6.18 Å². The predicted octanol–water partition coefficient (Wildman–Crippen LogP) is 2.74. The molecule has 166 valence electrons. The number of alkyl halides is 3. The van der Waals surface area contributed by atoms with Crippen LogP contribution in [-0.2, 0) is 15.7 Å². The average molecular weight is 456 g/mol. The summed E-state index contributed by atoms with van der Waals surface area (Å²) >= 11 is 0.993. The van der Waals surface area contributed by atoms with Gasteiger partial charge in [0.25, 0.3) is 0 Å². The first-order valence-electron chi connectivity index (χ1n) is 9.50. The van der Waals surface area contributed by atoms with Crippen molar-refractivity contribution >= 4 is 17.7 Å². The molecule has 1 amide bonds. The van der Waals surface area contributed by atoms with Crippen molar-refractivity contribution in [2.75, 3.05) is 38.8 Å². The second kappa shape index (κ2) is 9.28. The van der Waals surface area contributed by atoms with Crippen LogP contribution < -0.4 is 14.9 Å². The van der Waals surface area contributed by atoms with Crippen LogP contribution in [-0.4, -0.2) is 59.7 Å². The molecule has 4 rings (SSSR count). The van der Waals surface area contributed by atoms with Crippen LogP contribution in [0.15, 0.2) is 29.4 Å². The third-order valence-corrected chi connectivity index (χ3v) is 5.37. The Morgan fingerprint density at radius 3 is 2.68 bits per heavy atom. The number of thioether (sulfide) groups is 1. The highest BCUT2D eigenvalue weighted by Crippen LogP contribution is 2.37. The monoisotopic (exact) mass is 456 g/mol. The lowest BCUT2D eigenvalue weighted by atomic mass is 10.1. The quantitative estimate of drug-likeness (QED) is 0.525. The fourth-order valence-corrected chi connectivity index (χ4v) is 3.78. The minimum absolute atomic E-state index is 0.0540. The molecule has 12 heteroatoms. The third kappa shape index (κ3) is 5.57. The fourth-order valence-electron chi connectivity index (χ4n) is 2.98. The number of amides is 1. The van der Waals surface area contributed by atoms with Gasteiger partial charge in [-0.2, -0.15) is 13.2 Å². The van der Waals surface area contributed by atoms with Crippen molar-refractivity contribution in [2.45, 2.75) is 17.8 Å². The summed E-state index contributed by atoms with van der Waals surface area (Å²) in [5.41, 5.74) is 2.27. The van der Waals surface area contributed by atoms with E-state index in [9.17, 15) is 18.0 Å². The molecule has 1 N–H and O–H groups in total. The molecule has 1 fully saturated rings. The number of rotatable bonds is 6. The summed E-state index contributed by atoms with van der Waals surface area (Å²) in [5.74, 6) is 0.976. The van der Waals surface area contributed by atoms with Gasteiger partial charge < -0.3 is 14.2 Å². The Bertz CT molecular complexity index is 954. The van der Waals surface area contributed by atoms with Gasteiger partial charge in [-0.1, -0.05) is 11.8 Å². The number of hydrogen-bond donors (Lipinski definition) is 1. The Balaban J connectivity index is 1.45. The van der Waals surface area contributed by atoms with E-state index in [4.69, 9.17) is 14.2 Å². The zero-order valence-electron chi connectivity index (χ0n) is 16.3. The Kier molecular flexibility index (Phi) is 6.49. The maximum absolute atomic E-state index is 13.4. The van der Waals surface area contributed by atoms with Crippen LogP contribution in [0, 0.1) is 0 Å². The normalized spacial score (nSPS) is 16.4. The molecule has 0 radical (unpaired) electrons. The molecule has 8 nitrogen and oxygen atoms in total. The SMILES string of the molecule is O=C(CCSc1nc(-c2ccc3c(c2)OCO3)cc(C(F)(F)F)n1)NN1CCOCC1. The molecule has 3 heterocycles. The summed E-state index contributed by atoms with van der Waals surface area (Å²) in [4.78, 5) is 20.0. The first-order chi connectivity index (χ1) is 14.9. The largest absolute Gasteiger partial charge is 0.454 e. The molecular formula is C19H19F3N4O4S. The summed E-state index contributed by atoms with van der Waals surface area (Å²) in [6, 6.07) is 5.71. The van der Waals surface area contributed by atoms with Gasteiger partial charge in [0.2, 0.25) is 12.7 Å². The summed E-state index contributed by atoms with van der Waals surface area (Å²) in [6.45, 7) is 2.32. The first-order valence-corrected chi connectivity index (χ1v) is 10.5. The number of benzene rings is 1. The number of carbonyl (C=O) groups is 1. The smallest absolute Gasteiger partial charge is 0.433 e. The third-order valence-electron chi connectivity index (χ3n) is 4.52. The van der Waals surface area contributed by atoms with Gasteiger partial charge in [-0.3, -0.25) is 10.2 Å². The molecule has 31 heavy (non-hydrogen) atoms. The van der Waals surface area contributed by atoms with Crippen molar-refractivity contribution in [2.24, 2.45) is 0 Å². The molecule has 2 aliphatic heterocycles. The minimum Gasteiger partial charge on any atom is -0.454 e. The van der Waals surface area contributed by atoms with Crippen LogP contribution >= 0.6 is 11.8 Å². The zero-order valence-corrected chi connectivity index (χ0v) is 17.1. The molecule has 0 spiro atoms. The van der Waals surface area contributed by atoms with E-state index in [-0.39, 0.29) is 35.7 Å². The lowest BCUT2D eigenvalue weighted by Crippen LogP contribution is -2.48. The van der Waals surface area contributed by atoms with Crippen molar-refractivity contribution in [1.82, 2.24) is 20.4 Å². The molecule has 1 aromatic carbocycles. The van der Waals surface area contributed by atoms with Crippen LogP contribution in [0.1, 0.15) is 12.1 Å². The number of hydrogen-bond acceptors (Lipinski definition) is 8. The topological polar surface area (TPSA) is 85.8 Å². The van der Waals surface area contributed by atoms with E-state index in [1.165, 1.54) is 0 Å². The van der Waals surface area contributed by atoms with Crippen LogP contribution in [0.3, 0.4) is 0 Å². The number of halogens is 3. The second-order valence-electron chi connectivity index (χ2n) is 6.72. The number of nitrogens with one attached hydrogen (secondary N) is 1. The van der Waals surface area contributed by atoms with Gasteiger partial charge in [0.15, 0.2) is 16.7 Å². The van der Waals surface area contributed by atoms with E-state index in [1.807, 2.05) is 0 Å². The highest BCUT2D eigenvalue weighted by Gasteiger charge is 2.34. The molecule has 1 saturated heterocycles. The summed E-state index contributed by atoms with van der Waals surface area (Å²) in [6.07, 6.45) is -4.52. The number of hydrazine groups is 1. The van der Waals surface area contributed by atoms with Gasteiger partial charge in [-0.05, 0) is 24.3 Å². The predicted molar refractivity (Wildman–Crippen MR) is 104 cm³/mol. The Labute approximate surface area is 180 Å². The Hall–Kier alpha value is -2.57. The number of morpholine rings is 1. The van der Waals surface area contributed by atoms with Crippen molar-refractivity contribution in [1.29, 1.82) is 0 Å². The zero-order chi connectivity index (χ0) is 21.8. The van der Waals surface area contributed by atoms with E-state index >= 15 is 0 Å². The van der Waals surface area contributed by atoms with Gasteiger partial charge in [0.1, 0.15) is 5.69 Å². The molecule has 0 unspecified atom stereocenters. The molecular weight excluding hydrogens is 437 g/mol. The van der Waals surface area contributed by atoms with E-state index in [1.54, 1.807) is 23.2 Å². The van der Waals surface area contributed by atoms with Crippen molar-refractivity contribution < 1.29 is 32.2 Å². The van der Waals surface area contributed by atoms with Crippen LogP contribution in [0.25, 0.3) is 11.3 Å². The fraction of sp³-hybridized carbons (Fsp3) is 0.421. The van der Waals surface area contributed by atoms with Crippen molar-refractivity contribution in [3.63, 3.8) is 0 Å². The highest BCUT2D eigenvalue weighted by atomic mass is 32.2. The number of carbonyl (C=O) groups excluding carboxylic acids is 1.